The van der Waals surface area contributed by atoms with Gasteiger partial charge in [-0.2, -0.15) is 5.26 Å². The zero-order valence-corrected chi connectivity index (χ0v) is 14.7. The van der Waals surface area contributed by atoms with Gasteiger partial charge < -0.3 is 9.73 Å². The number of nitriles is 1. The van der Waals surface area contributed by atoms with Crippen molar-refractivity contribution in [2.24, 2.45) is 0 Å². The third-order valence-electron chi connectivity index (χ3n) is 4.16. The molecule has 0 unspecified atom stereocenters. The van der Waals surface area contributed by atoms with E-state index in [1.165, 1.54) is 6.33 Å². The smallest absolute Gasteiger partial charge is 0.217 e. The molecule has 0 aliphatic carbocycles. The first kappa shape index (κ1) is 16.6. The summed E-state index contributed by atoms with van der Waals surface area (Å²) in [5.41, 5.74) is 3.85. The van der Waals surface area contributed by atoms with Crippen molar-refractivity contribution in [2.45, 2.75) is 6.92 Å². The van der Waals surface area contributed by atoms with Gasteiger partial charge in [-0.25, -0.2) is 9.97 Å². The van der Waals surface area contributed by atoms with Crippen molar-refractivity contribution in [1.29, 1.82) is 5.26 Å². The van der Waals surface area contributed by atoms with E-state index in [1.807, 2.05) is 67.6 Å². The number of nitrogens with zero attached hydrogens (tertiary/aromatic N) is 3. The molecule has 0 atom stereocenters. The molecule has 0 bridgehead atoms. The molecule has 5 nitrogen and oxygen atoms in total. The molecule has 5 heteroatoms. The Balaban J connectivity index is 1.91. The largest absolute Gasteiger partial charge is 0.438 e. The molecule has 4 rings (SSSR count). The molecular formula is C22H16N4O. The summed E-state index contributed by atoms with van der Waals surface area (Å²) in [6.45, 7) is 1.88. The Bertz CT molecular complexity index is 1110. The summed E-state index contributed by atoms with van der Waals surface area (Å²) in [4.78, 5) is 8.30. The van der Waals surface area contributed by atoms with E-state index in [0.717, 1.165) is 22.4 Å². The van der Waals surface area contributed by atoms with Crippen LogP contribution in [0.3, 0.4) is 0 Å². The van der Waals surface area contributed by atoms with Crippen molar-refractivity contribution in [2.75, 3.05) is 5.32 Å². The quantitative estimate of drug-likeness (QED) is 0.537. The molecule has 0 saturated heterocycles. The fraction of sp³-hybridized carbons (Fsp3) is 0.0455. The predicted molar refractivity (Wildman–Crippen MR) is 104 cm³/mol. The van der Waals surface area contributed by atoms with Crippen molar-refractivity contribution < 1.29 is 4.42 Å². The number of furan rings is 1. The highest BCUT2D eigenvalue weighted by Gasteiger charge is 2.23. The topological polar surface area (TPSA) is 74.7 Å². The average molecular weight is 352 g/mol. The summed E-state index contributed by atoms with van der Waals surface area (Å²) in [5.74, 6) is 1.59. The lowest BCUT2D eigenvalue weighted by Gasteiger charge is -2.03. The minimum Gasteiger partial charge on any atom is -0.438 e. The maximum atomic E-state index is 9.87. The Morgan fingerprint density at radius 1 is 0.926 bits per heavy atom. The van der Waals surface area contributed by atoms with Crippen LogP contribution >= 0.6 is 0 Å². The van der Waals surface area contributed by atoms with Gasteiger partial charge in [0.05, 0.1) is 0 Å². The van der Waals surface area contributed by atoms with E-state index in [2.05, 4.69) is 21.4 Å². The van der Waals surface area contributed by atoms with Crippen LogP contribution in [0.1, 0.15) is 11.3 Å². The summed E-state index contributed by atoms with van der Waals surface area (Å²) in [6.07, 6.45) is 1.48. The third kappa shape index (κ3) is 3.29. The monoisotopic (exact) mass is 352 g/mol. The highest BCUT2D eigenvalue weighted by Crippen LogP contribution is 2.41. The second-order valence-electron chi connectivity index (χ2n) is 6.02. The summed E-state index contributed by atoms with van der Waals surface area (Å²) in [5, 5.41) is 13.0. The first-order valence-corrected chi connectivity index (χ1v) is 8.49. The molecule has 0 radical (unpaired) electrons. The Morgan fingerprint density at radius 3 is 2.22 bits per heavy atom. The molecular weight excluding hydrogens is 336 g/mol. The molecule has 0 saturated carbocycles. The molecule has 0 aliphatic rings. The Kier molecular flexibility index (Phi) is 4.38. The molecule has 0 fully saturated rings. The fourth-order valence-corrected chi connectivity index (χ4v) is 2.94. The van der Waals surface area contributed by atoms with Gasteiger partial charge in [-0.15, -0.1) is 0 Å². The number of benzene rings is 2. The van der Waals surface area contributed by atoms with E-state index in [1.54, 1.807) is 6.07 Å². The van der Waals surface area contributed by atoms with Crippen LogP contribution in [0, 0.1) is 18.3 Å². The molecule has 0 aliphatic heterocycles. The van der Waals surface area contributed by atoms with Crippen LogP contribution in [0.5, 0.6) is 0 Å². The van der Waals surface area contributed by atoms with Crippen LogP contribution in [-0.2, 0) is 0 Å². The zero-order chi connectivity index (χ0) is 18.6. The van der Waals surface area contributed by atoms with Gasteiger partial charge in [-0.05, 0) is 12.5 Å². The Morgan fingerprint density at radius 2 is 1.59 bits per heavy atom. The standard InChI is InChI=1S/C22H16N4O/c1-15-12-19(25-14-24-15)26-22-18(13-23)20(16-8-4-2-5-9-16)21(27-22)17-10-6-3-7-11-17/h2-12,14H,1H3,(H,24,25,26). The van der Waals surface area contributed by atoms with Crippen LogP contribution < -0.4 is 5.32 Å². The maximum Gasteiger partial charge on any atom is 0.217 e. The van der Waals surface area contributed by atoms with Gasteiger partial charge in [0.25, 0.3) is 0 Å². The van der Waals surface area contributed by atoms with Crippen molar-refractivity contribution in [3.8, 4) is 28.5 Å². The van der Waals surface area contributed by atoms with Crippen molar-refractivity contribution in [1.82, 2.24) is 9.97 Å². The van der Waals surface area contributed by atoms with Crippen molar-refractivity contribution in [3.63, 3.8) is 0 Å². The minimum absolute atomic E-state index is 0.369. The molecule has 27 heavy (non-hydrogen) atoms. The number of aryl methyl sites for hydroxylation is 1. The second-order valence-corrected chi connectivity index (χ2v) is 6.02. The fourth-order valence-electron chi connectivity index (χ4n) is 2.94. The predicted octanol–water partition coefficient (Wildman–Crippen LogP) is 5.33. The van der Waals surface area contributed by atoms with E-state index >= 15 is 0 Å². The van der Waals surface area contributed by atoms with Crippen LogP contribution in [0.4, 0.5) is 11.7 Å². The summed E-state index contributed by atoms with van der Waals surface area (Å²) in [6, 6.07) is 23.6. The van der Waals surface area contributed by atoms with Crippen molar-refractivity contribution >= 4 is 11.7 Å². The Labute approximate surface area is 157 Å². The van der Waals surface area contributed by atoms with Gasteiger partial charge in [-0.3, -0.25) is 0 Å². The van der Waals surface area contributed by atoms with E-state index in [9.17, 15) is 5.26 Å². The molecule has 0 spiro atoms. The SMILES string of the molecule is Cc1cc(Nc2oc(-c3ccccc3)c(-c3ccccc3)c2C#N)ncn1. The summed E-state index contributed by atoms with van der Waals surface area (Å²) in [7, 11) is 0. The lowest BCUT2D eigenvalue weighted by molar-refractivity contribution is 0.599. The third-order valence-corrected chi connectivity index (χ3v) is 4.16. The lowest BCUT2D eigenvalue weighted by Crippen LogP contribution is -1.95. The molecule has 1 N–H and O–H groups in total. The summed E-state index contributed by atoms with van der Waals surface area (Å²) >= 11 is 0. The number of hydrogen-bond acceptors (Lipinski definition) is 5. The number of anilines is 2. The lowest BCUT2D eigenvalue weighted by atomic mass is 9.98. The van der Waals surface area contributed by atoms with E-state index in [-0.39, 0.29) is 0 Å². The van der Waals surface area contributed by atoms with Crippen LogP contribution in [0.15, 0.2) is 77.5 Å². The number of nitrogens with one attached hydrogen (secondary N) is 1. The van der Waals surface area contributed by atoms with Crippen LogP contribution in [-0.4, -0.2) is 9.97 Å². The highest BCUT2D eigenvalue weighted by atomic mass is 16.4. The first-order valence-electron chi connectivity index (χ1n) is 8.49. The maximum absolute atomic E-state index is 9.87. The van der Waals surface area contributed by atoms with Gasteiger partial charge in [-0.1, -0.05) is 60.7 Å². The number of rotatable bonds is 4. The van der Waals surface area contributed by atoms with Crippen molar-refractivity contribution in [3.05, 3.63) is 84.3 Å². The number of aromatic nitrogens is 2. The highest BCUT2D eigenvalue weighted by molar-refractivity contribution is 5.88. The normalized spacial score (nSPS) is 10.4. The Hall–Kier alpha value is -3.91. The average Bonchev–Trinajstić information content (AvgIpc) is 3.07. The molecule has 2 heterocycles. The van der Waals surface area contributed by atoms with Gasteiger partial charge in [0.15, 0.2) is 0 Å². The molecule has 130 valence electrons. The summed E-state index contributed by atoms with van der Waals surface area (Å²) < 4.78 is 6.13. The molecule has 4 aromatic rings. The molecule has 2 aromatic carbocycles. The second kappa shape index (κ2) is 7.14. The van der Waals surface area contributed by atoms with Gasteiger partial charge >= 0.3 is 0 Å². The van der Waals surface area contributed by atoms with E-state index in [4.69, 9.17) is 4.42 Å². The van der Waals surface area contributed by atoms with E-state index in [0.29, 0.717) is 23.0 Å². The first-order chi connectivity index (χ1) is 13.3. The number of hydrogen-bond donors (Lipinski definition) is 1. The van der Waals surface area contributed by atoms with Crippen LogP contribution in [0.2, 0.25) is 0 Å². The zero-order valence-electron chi connectivity index (χ0n) is 14.7. The van der Waals surface area contributed by atoms with Crippen LogP contribution in [0.25, 0.3) is 22.5 Å². The molecule has 0 amide bonds. The van der Waals surface area contributed by atoms with Gasteiger partial charge in [0, 0.05) is 22.9 Å². The minimum atomic E-state index is 0.369. The van der Waals surface area contributed by atoms with Gasteiger partial charge in [0.1, 0.15) is 29.5 Å². The molecule has 2 aromatic heterocycles. The van der Waals surface area contributed by atoms with Gasteiger partial charge in [0.2, 0.25) is 5.88 Å². The van der Waals surface area contributed by atoms with E-state index < -0.39 is 0 Å².